The Labute approximate surface area is 201 Å². The summed E-state index contributed by atoms with van der Waals surface area (Å²) in [5.74, 6) is 2.13. The number of carbonyl (C=O) groups is 1. The number of hydrogen-bond acceptors (Lipinski definition) is 5. The molecular weight excluding hydrogens is 428 g/mol. The number of likely N-dealkylation sites (N-methyl/N-ethyl adjacent to an activating group) is 1. The fourth-order valence-electron chi connectivity index (χ4n) is 5.13. The van der Waals surface area contributed by atoms with Gasteiger partial charge in [0.15, 0.2) is 0 Å². The van der Waals surface area contributed by atoms with Crippen LogP contribution in [-0.2, 0) is 9.53 Å². The van der Waals surface area contributed by atoms with Crippen LogP contribution in [0.3, 0.4) is 0 Å². The highest BCUT2D eigenvalue weighted by Gasteiger charge is 2.31. The highest BCUT2D eigenvalue weighted by molar-refractivity contribution is 5.80. The van der Waals surface area contributed by atoms with Gasteiger partial charge in [-0.05, 0) is 49.9 Å². The van der Waals surface area contributed by atoms with Crippen LogP contribution in [0.1, 0.15) is 57.9 Å². The molecule has 7 heteroatoms. The fraction of sp³-hybridized carbons (Fsp3) is 0.481. The van der Waals surface area contributed by atoms with Crippen molar-refractivity contribution in [3.05, 3.63) is 48.5 Å². The molecule has 3 atom stereocenters. The number of nitrogens with zero attached hydrogens (tertiary/aromatic N) is 3. The molecule has 4 rings (SSSR count). The Morgan fingerprint density at radius 1 is 1.18 bits per heavy atom. The summed E-state index contributed by atoms with van der Waals surface area (Å²) in [5, 5.41) is 0. The van der Waals surface area contributed by atoms with Gasteiger partial charge >= 0.3 is 0 Å². The topological polar surface area (TPSA) is 82.6 Å². The lowest BCUT2D eigenvalue weighted by molar-refractivity contribution is -0.136. The number of para-hydroxylation sites is 1. The van der Waals surface area contributed by atoms with E-state index in [1.807, 2.05) is 60.5 Å². The Morgan fingerprint density at radius 3 is 2.68 bits per heavy atom. The van der Waals surface area contributed by atoms with Crippen molar-refractivity contribution in [1.82, 2.24) is 14.5 Å². The zero-order valence-corrected chi connectivity index (χ0v) is 20.4. The first-order valence-corrected chi connectivity index (χ1v) is 12.3. The third-order valence-electron chi connectivity index (χ3n) is 7.06. The molecule has 182 valence electrons. The number of aromatic nitrogens is 2. The number of ether oxygens (including phenoxy) is 2. The first kappa shape index (κ1) is 24.1. The smallest absolute Gasteiger partial charge is 0.222 e. The number of imidazole rings is 1. The van der Waals surface area contributed by atoms with Gasteiger partial charge in [0.05, 0.1) is 23.2 Å². The summed E-state index contributed by atoms with van der Waals surface area (Å²) in [6.07, 6.45) is 6.46. The molecule has 34 heavy (non-hydrogen) atoms. The van der Waals surface area contributed by atoms with E-state index >= 15 is 0 Å². The Bertz CT molecular complexity index is 1100. The standard InChI is InChI=1S/C27H36N4O3/c1-4-19(14-17-26(32)30(2)23-12-8-9-13-25(23)33-3)31-24-18-21(15-16-22(24)29-27(31)28)34-20-10-6-5-7-11-20/h5-7,10-11,15-16,18-19,23,25H,4,8-9,12-14,17H2,1-3H3,(H2,28,29)/t19-,23?,25-/m1/s1. The molecule has 1 unspecified atom stereocenters. The third-order valence-corrected chi connectivity index (χ3v) is 7.06. The van der Waals surface area contributed by atoms with E-state index in [9.17, 15) is 4.79 Å². The number of nitrogen functional groups attached to an aromatic ring is 1. The SMILES string of the molecule is CC[C@H](CCC(=O)N(C)C1CCCC[C@H]1OC)n1c(N)nc2ccc(Oc3ccccc3)cc21. The molecule has 1 heterocycles. The number of fused-ring (bicyclic) bond motifs is 1. The molecule has 1 saturated carbocycles. The maximum Gasteiger partial charge on any atom is 0.222 e. The van der Waals surface area contributed by atoms with E-state index < -0.39 is 0 Å². The number of nitrogens with two attached hydrogens (primary N) is 1. The molecule has 0 saturated heterocycles. The quantitative estimate of drug-likeness (QED) is 0.448. The molecule has 0 spiro atoms. The van der Waals surface area contributed by atoms with Gasteiger partial charge in [-0.3, -0.25) is 4.79 Å². The van der Waals surface area contributed by atoms with Crippen molar-refractivity contribution in [3.63, 3.8) is 0 Å². The molecule has 1 aliphatic carbocycles. The first-order valence-electron chi connectivity index (χ1n) is 12.3. The van der Waals surface area contributed by atoms with Crippen molar-refractivity contribution < 1.29 is 14.3 Å². The van der Waals surface area contributed by atoms with Gasteiger partial charge in [-0.15, -0.1) is 0 Å². The highest BCUT2D eigenvalue weighted by atomic mass is 16.5. The van der Waals surface area contributed by atoms with Gasteiger partial charge in [-0.2, -0.15) is 0 Å². The van der Waals surface area contributed by atoms with E-state index in [2.05, 4.69) is 16.5 Å². The molecule has 0 radical (unpaired) electrons. The molecule has 7 nitrogen and oxygen atoms in total. The van der Waals surface area contributed by atoms with Crippen LogP contribution in [0.4, 0.5) is 5.95 Å². The molecular formula is C27H36N4O3. The van der Waals surface area contributed by atoms with Crippen molar-refractivity contribution >= 4 is 22.9 Å². The fourth-order valence-corrected chi connectivity index (χ4v) is 5.13. The Balaban J connectivity index is 1.49. The predicted molar refractivity (Wildman–Crippen MR) is 135 cm³/mol. The van der Waals surface area contributed by atoms with Crippen LogP contribution < -0.4 is 10.5 Å². The van der Waals surface area contributed by atoms with Crippen molar-refractivity contribution in [2.45, 2.75) is 70.1 Å². The molecule has 1 aliphatic rings. The van der Waals surface area contributed by atoms with Gasteiger partial charge in [0.1, 0.15) is 11.5 Å². The van der Waals surface area contributed by atoms with Crippen LogP contribution >= 0.6 is 0 Å². The van der Waals surface area contributed by atoms with Crippen LogP contribution in [0, 0.1) is 0 Å². The second-order valence-corrected chi connectivity index (χ2v) is 9.14. The zero-order valence-electron chi connectivity index (χ0n) is 20.4. The molecule has 2 N–H and O–H groups in total. The average Bonchev–Trinajstić information content (AvgIpc) is 3.19. The Hall–Kier alpha value is -3.06. The predicted octanol–water partition coefficient (Wildman–Crippen LogP) is 5.56. The number of carbonyl (C=O) groups excluding carboxylic acids is 1. The molecule has 1 amide bonds. The van der Waals surface area contributed by atoms with Crippen molar-refractivity contribution in [2.24, 2.45) is 0 Å². The molecule has 0 bridgehead atoms. The molecule has 1 fully saturated rings. The molecule has 1 aromatic heterocycles. The monoisotopic (exact) mass is 464 g/mol. The summed E-state index contributed by atoms with van der Waals surface area (Å²) < 4.78 is 13.7. The van der Waals surface area contributed by atoms with E-state index in [0.717, 1.165) is 54.6 Å². The third kappa shape index (κ3) is 5.20. The van der Waals surface area contributed by atoms with Crippen LogP contribution in [-0.4, -0.2) is 46.7 Å². The van der Waals surface area contributed by atoms with Gasteiger partial charge in [0.25, 0.3) is 0 Å². The number of methoxy groups -OCH3 is 1. The number of benzene rings is 2. The summed E-state index contributed by atoms with van der Waals surface area (Å²) >= 11 is 0. The zero-order chi connectivity index (χ0) is 24.1. The lowest BCUT2D eigenvalue weighted by Crippen LogP contribution is -2.47. The van der Waals surface area contributed by atoms with Gasteiger partial charge in [-0.25, -0.2) is 4.98 Å². The van der Waals surface area contributed by atoms with Crippen LogP contribution in [0.5, 0.6) is 11.5 Å². The maximum absolute atomic E-state index is 13.1. The highest BCUT2D eigenvalue weighted by Crippen LogP contribution is 2.32. The number of amides is 1. The summed E-state index contributed by atoms with van der Waals surface area (Å²) in [7, 11) is 3.66. The Kier molecular flexibility index (Phi) is 7.73. The largest absolute Gasteiger partial charge is 0.457 e. The number of anilines is 1. The molecule has 0 aliphatic heterocycles. The maximum atomic E-state index is 13.1. The summed E-state index contributed by atoms with van der Waals surface area (Å²) in [6.45, 7) is 2.12. The normalized spacial score (nSPS) is 19.1. The van der Waals surface area contributed by atoms with Crippen molar-refractivity contribution in [3.8, 4) is 11.5 Å². The van der Waals surface area contributed by atoms with E-state index in [4.69, 9.17) is 15.2 Å². The van der Waals surface area contributed by atoms with Gasteiger partial charge < -0.3 is 24.7 Å². The lowest BCUT2D eigenvalue weighted by Gasteiger charge is -2.37. The number of hydrogen-bond donors (Lipinski definition) is 1. The van der Waals surface area contributed by atoms with Crippen LogP contribution in [0.2, 0.25) is 0 Å². The number of rotatable bonds is 9. The van der Waals surface area contributed by atoms with Gasteiger partial charge in [0.2, 0.25) is 11.9 Å². The minimum Gasteiger partial charge on any atom is -0.457 e. The molecule has 2 aromatic carbocycles. The van der Waals surface area contributed by atoms with Gasteiger partial charge in [0, 0.05) is 32.7 Å². The van der Waals surface area contributed by atoms with E-state index in [1.54, 1.807) is 7.11 Å². The second-order valence-electron chi connectivity index (χ2n) is 9.14. The van der Waals surface area contributed by atoms with Crippen molar-refractivity contribution in [2.75, 3.05) is 19.9 Å². The Morgan fingerprint density at radius 2 is 1.94 bits per heavy atom. The van der Waals surface area contributed by atoms with E-state index in [1.165, 1.54) is 0 Å². The first-order chi connectivity index (χ1) is 16.5. The average molecular weight is 465 g/mol. The van der Waals surface area contributed by atoms with Gasteiger partial charge in [-0.1, -0.05) is 38.0 Å². The molecule has 3 aromatic rings. The van der Waals surface area contributed by atoms with Crippen LogP contribution in [0.25, 0.3) is 11.0 Å². The minimum absolute atomic E-state index is 0.0684. The van der Waals surface area contributed by atoms with Crippen LogP contribution in [0.15, 0.2) is 48.5 Å². The summed E-state index contributed by atoms with van der Waals surface area (Å²) in [6, 6.07) is 15.7. The minimum atomic E-state index is 0.0684. The van der Waals surface area contributed by atoms with Crippen molar-refractivity contribution in [1.29, 1.82) is 0 Å². The summed E-state index contributed by atoms with van der Waals surface area (Å²) in [5.41, 5.74) is 8.10. The summed E-state index contributed by atoms with van der Waals surface area (Å²) in [4.78, 5) is 19.6. The van der Waals surface area contributed by atoms with E-state index in [-0.39, 0.29) is 24.1 Å². The lowest BCUT2D eigenvalue weighted by atomic mass is 9.91. The second kappa shape index (κ2) is 10.9. The van der Waals surface area contributed by atoms with E-state index in [0.29, 0.717) is 18.8 Å².